The van der Waals surface area contributed by atoms with Crippen LogP contribution in [0.25, 0.3) is 0 Å². The van der Waals surface area contributed by atoms with Crippen LogP contribution in [0.3, 0.4) is 0 Å². The van der Waals surface area contributed by atoms with Gasteiger partial charge in [-0.25, -0.2) is 8.78 Å². The van der Waals surface area contributed by atoms with Crippen LogP contribution in [-0.4, -0.2) is 21.5 Å². The van der Waals surface area contributed by atoms with Gasteiger partial charge >= 0.3 is 0 Å². The highest BCUT2D eigenvalue weighted by molar-refractivity contribution is 6.88. The monoisotopic (exact) mass is 244 g/mol. The first-order chi connectivity index (χ1) is 7.32. The van der Waals surface area contributed by atoms with E-state index in [1.165, 1.54) is 7.11 Å². The number of methoxy groups -OCH3 is 1. The van der Waals surface area contributed by atoms with E-state index < -0.39 is 19.7 Å². The summed E-state index contributed by atoms with van der Waals surface area (Å²) in [6.45, 7) is 5.48. The third-order valence-electron chi connectivity index (χ3n) is 2.28. The van der Waals surface area contributed by atoms with E-state index in [0.29, 0.717) is 6.29 Å². The van der Waals surface area contributed by atoms with E-state index in [0.717, 1.165) is 6.07 Å². The van der Waals surface area contributed by atoms with Gasteiger partial charge in [0, 0.05) is 5.19 Å². The molecule has 0 spiro atoms. The Labute approximate surface area is 94.2 Å². The SMILES string of the molecule is COc1c(C=O)cc(F)c([Si](C)(C)C)c1F. The van der Waals surface area contributed by atoms with Crippen molar-refractivity contribution < 1.29 is 18.3 Å². The zero-order valence-corrected chi connectivity index (χ0v) is 10.7. The fourth-order valence-electron chi connectivity index (χ4n) is 1.60. The highest BCUT2D eigenvalue weighted by Crippen LogP contribution is 2.23. The molecule has 1 rings (SSSR count). The third kappa shape index (κ3) is 2.14. The molecule has 0 saturated heterocycles. The molecule has 2 nitrogen and oxygen atoms in total. The summed E-state index contributed by atoms with van der Waals surface area (Å²) in [6.07, 6.45) is 0.388. The van der Waals surface area contributed by atoms with Crippen molar-refractivity contribution in [3.8, 4) is 5.75 Å². The van der Waals surface area contributed by atoms with Crippen LogP contribution in [0.2, 0.25) is 19.6 Å². The molecule has 0 radical (unpaired) electrons. The average Bonchev–Trinajstić information content (AvgIpc) is 2.14. The topological polar surface area (TPSA) is 26.3 Å². The molecule has 0 amide bonds. The molecular formula is C11H14F2O2Si. The van der Waals surface area contributed by atoms with Crippen LogP contribution in [-0.2, 0) is 0 Å². The molecule has 0 saturated carbocycles. The Hall–Kier alpha value is -1.23. The summed E-state index contributed by atoms with van der Waals surface area (Å²) in [5.74, 6) is -1.59. The third-order valence-corrected chi connectivity index (χ3v) is 4.24. The lowest BCUT2D eigenvalue weighted by Gasteiger charge is -2.20. The molecule has 0 aliphatic carbocycles. The molecule has 0 heterocycles. The minimum atomic E-state index is -2.15. The number of ether oxygens (including phenoxy) is 1. The molecule has 0 N–H and O–H groups in total. The van der Waals surface area contributed by atoms with E-state index in [-0.39, 0.29) is 16.5 Å². The predicted octanol–water partition coefficient (Wildman–Crippen LogP) is 2.33. The van der Waals surface area contributed by atoms with Crippen LogP contribution in [0.4, 0.5) is 8.78 Å². The predicted molar refractivity (Wildman–Crippen MR) is 61.3 cm³/mol. The summed E-state index contributed by atoms with van der Waals surface area (Å²) in [7, 11) is -0.890. The number of aldehydes is 1. The molecule has 88 valence electrons. The number of hydrogen-bond donors (Lipinski definition) is 0. The first-order valence-electron chi connectivity index (χ1n) is 4.84. The van der Waals surface area contributed by atoms with Crippen molar-refractivity contribution in [1.29, 1.82) is 0 Å². The summed E-state index contributed by atoms with van der Waals surface area (Å²) in [5, 5.41) is 0.0648. The molecule has 5 heteroatoms. The maximum atomic E-state index is 14.0. The Bertz CT molecular complexity index is 425. The van der Waals surface area contributed by atoms with E-state index in [1.54, 1.807) is 0 Å². The van der Waals surface area contributed by atoms with Crippen LogP contribution in [0.15, 0.2) is 6.07 Å². The average molecular weight is 244 g/mol. The van der Waals surface area contributed by atoms with Gasteiger partial charge in [-0.2, -0.15) is 0 Å². The highest BCUT2D eigenvalue weighted by atomic mass is 28.3. The van der Waals surface area contributed by atoms with Crippen molar-refractivity contribution in [2.24, 2.45) is 0 Å². The Morgan fingerprint density at radius 3 is 2.25 bits per heavy atom. The summed E-state index contributed by atoms with van der Waals surface area (Å²) in [5.41, 5.74) is -0.0977. The number of halogens is 2. The minimum Gasteiger partial charge on any atom is -0.493 e. The van der Waals surface area contributed by atoms with Crippen molar-refractivity contribution in [1.82, 2.24) is 0 Å². The van der Waals surface area contributed by atoms with Crippen LogP contribution in [0.5, 0.6) is 5.75 Å². The number of hydrogen-bond acceptors (Lipinski definition) is 2. The Morgan fingerprint density at radius 1 is 1.31 bits per heavy atom. The Morgan fingerprint density at radius 2 is 1.88 bits per heavy atom. The van der Waals surface area contributed by atoms with Gasteiger partial charge in [-0.15, -0.1) is 0 Å². The molecule has 16 heavy (non-hydrogen) atoms. The van der Waals surface area contributed by atoms with Crippen molar-refractivity contribution in [3.63, 3.8) is 0 Å². The largest absolute Gasteiger partial charge is 0.493 e. The molecular weight excluding hydrogens is 230 g/mol. The van der Waals surface area contributed by atoms with Gasteiger partial charge in [-0.3, -0.25) is 4.79 Å². The van der Waals surface area contributed by atoms with Crippen LogP contribution in [0.1, 0.15) is 10.4 Å². The summed E-state index contributed by atoms with van der Waals surface area (Å²) >= 11 is 0. The van der Waals surface area contributed by atoms with Crippen molar-refractivity contribution in [2.75, 3.05) is 7.11 Å². The number of rotatable bonds is 3. The van der Waals surface area contributed by atoms with Crippen LogP contribution in [0, 0.1) is 11.6 Å². The lowest BCUT2D eigenvalue weighted by Crippen LogP contribution is -2.42. The smallest absolute Gasteiger partial charge is 0.167 e. The molecule has 0 aliphatic heterocycles. The quantitative estimate of drug-likeness (QED) is 0.602. The second-order valence-corrected chi connectivity index (χ2v) is 9.54. The minimum absolute atomic E-state index is 0.0648. The van der Waals surface area contributed by atoms with E-state index in [4.69, 9.17) is 4.74 Å². The molecule has 0 aromatic heterocycles. The lowest BCUT2D eigenvalue weighted by atomic mass is 10.2. The normalized spacial score (nSPS) is 11.4. The maximum Gasteiger partial charge on any atom is 0.167 e. The van der Waals surface area contributed by atoms with Gasteiger partial charge < -0.3 is 4.74 Å². The zero-order chi connectivity index (χ0) is 12.5. The summed E-state index contributed by atoms with van der Waals surface area (Å²) in [4.78, 5) is 10.6. The molecule has 1 aromatic carbocycles. The number of benzene rings is 1. The molecule has 0 aliphatic rings. The number of carbonyl (C=O) groups is 1. The van der Waals surface area contributed by atoms with Gasteiger partial charge in [0.05, 0.1) is 20.7 Å². The van der Waals surface area contributed by atoms with Gasteiger partial charge in [-0.05, 0) is 6.07 Å². The standard InChI is InChI=1S/C11H14F2O2Si/c1-15-10-7(6-14)5-8(12)11(9(10)13)16(2,3)4/h5-6H,1-4H3. The molecule has 1 aromatic rings. The van der Waals surface area contributed by atoms with Crippen LogP contribution < -0.4 is 9.92 Å². The van der Waals surface area contributed by atoms with Gasteiger partial charge in [0.1, 0.15) is 5.82 Å². The second-order valence-electron chi connectivity index (χ2n) is 4.54. The first kappa shape index (κ1) is 12.8. The fourth-order valence-corrected chi connectivity index (χ4v) is 3.16. The van der Waals surface area contributed by atoms with Crippen molar-refractivity contribution >= 4 is 19.5 Å². The zero-order valence-electron chi connectivity index (χ0n) is 9.73. The van der Waals surface area contributed by atoms with Gasteiger partial charge in [0.15, 0.2) is 17.9 Å². The molecule has 0 fully saturated rings. The molecule has 0 atom stereocenters. The molecule has 0 bridgehead atoms. The van der Waals surface area contributed by atoms with E-state index in [2.05, 4.69) is 0 Å². The van der Waals surface area contributed by atoms with Gasteiger partial charge in [-0.1, -0.05) is 19.6 Å². The molecule has 0 unspecified atom stereocenters. The number of carbonyl (C=O) groups excluding carboxylic acids is 1. The van der Waals surface area contributed by atoms with Crippen molar-refractivity contribution in [2.45, 2.75) is 19.6 Å². The van der Waals surface area contributed by atoms with Crippen LogP contribution >= 0.6 is 0 Å². The van der Waals surface area contributed by atoms with Gasteiger partial charge in [0.25, 0.3) is 0 Å². The van der Waals surface area contributed by atoms with E-state index in [1.807, 2.05) is 19.6 Å². The maximum absolute atomic E-state index is 14.0. The summed E-state index contributed by atoms with van der Waals surface area (Å²) < 4.78 is 32.5. The Balaban J connectivity index is 3.60. The Kier molecular flexibility index (Phi) is 3.47. The van der Waals surface area contributed by atoms with Gasteiger partial charge in [0.2, 0.25) is 0 Å². The van der Waals surface area contributed by atoms with E-state index in [9.17, 15) is 13.6 Å². The lowest BCUT2D eigenvalue weighted by molar-refractivity contribution is 0.111. The summed E-state index contributed by atoms with van der Waals surface area (Å²) in [6, 6.07) is 1.03. The fraction of sp³-hybridized carbons (Fsp3) is 0.364. The first-order valence-corrected chi connectivity index (χ1v) is 8.34. The van der Waals surface area contributed by atoms with Crippen molar-refractivity contribution in [3.05, 3.63) is 23.3 Å². The highest BCUT2D eigenvalue weighted by Gasteiger charge is 2.29. The second kappa shape index (κ2) is 4.33. The van der Waals surface area contributed by atoms with E-state index >= 15 is 0 Å².